The van der Waals surface area contributed by atoms with Gasteiger partial charge in [0.25, 0.3) is 11.5 Å². The predicted octanol–water partition coefficient (Wildman–Crippen LogP) is 5.21. The van der Waals surface area contributed by atoms with E-state index in [9.17, 15) is 18.8 Å². The number of pyridine rings is 1. The maximum absolute atomic E-state index is 14.5. The zero-order valence-corrected chi connectivity index (χ0v) is 28.7. The molecule has 2 aliphatic rings. The first-order chi connectivity index (χ1) is 23.6. The second kappa shape index (κ2) is 13.8. The molecule has 1 aliphatic heterocycles. The molecular formula is C37H40FN7O3S. The number of hydrogen-bond acceptors (Lipinski definition) is 8. The summed E-state index contributed by atoms with van der Waals surface area (Å²) < 4.78 is 17.2. The fraction of sp³-hybridized carbons (Fsp3) is 0.378. The van der Waals surface area contributed by atoms with Crippen LogP contribution in [0.1, 0.15) is 66.6 Å². The van der Waals surface area contributed by atoms with Gasteiger partial charge in [-0.05, 0) is 81.3 Å². The Morgan fingerprint density at radius 3 is 2.43 bits per heavy atom. The van der Waals surface area contributed by atoms with Gasteiger partial charge in [-0.3, -0.25) is 19.1 Å². The van der Waals surface area contributed by atoms with Crippen LogP contribution in [0, 0.1) is 12.7 Å². The Hall–Kier alpha value is -4.52. The van der Waals surface area contributed by atoms with E-state index in [4.69, 9.17) is 0 Å². The Labute approximate surface area is 287 Å². The van der Waals surface area contributed by atoms with E-state index in [0.717, 1.165) is 48.0 Å². The molecule has 4 heterocycles. The van der Waals surface area contributed by atoms with Crippen LogP contribution in [0.15, 0.2) is 75.8 Å². The van der Waals surface area contributed by atoms with Crippen LogP contribution < -0.4 is 21.9 Å². The number of rotatable bonds is 7. The molecule has 0 bridgehead atoms. The van der Waals surface area contributed by atoms with Gasteiger partial charge in [-0.15, -0.1) is 11.3 Å². The molecule has 2 atom stereocenters. The number of thiazole rings is 1. The van der Waals surface area contributed by atoms with Crippen molar-refractivity contribution in [2.75, 3.05) is 13.1 Å². The highest BCUT2D eigenvalue weighted by molar-refractivity contribution is 7.09. The fourth-order valence-corrected chi connectivity index (χ4v) is 7.99. The number of nitrogens with zero attached hydrogens (tertiary/aromatic N) is 5. The molecular weight excluding hydrogens is 642 g/mol. The van der Waals surface area contributed by atoms with Gasteiger partial charge in [-0.1, -0.05) is 36.4 Å². The number of carbonyl (C=O) groups excluding carboxylic acids is 1. The molecule has 49 heavy (non-hydrogen) atoms. The van der Waals surface area contributed by atoms with Crippen LogP contribution in [0.5, 0.6) is 0 Å². The van der Waals surface area contributed by atoms with Crippen LogP contribution in [0.4, 0.5) is 4.39 Å². The van der Waals surface area contributed by atoms with Crippen LogP contribution in [0.2, 0.25) is 0 Å². The van der Waals surface area contributed by atoms with Gasteiger partial charge in [-0.25, -0.2) is 23.7 Å². The third kappa shape index (κ3) is 6.99. The summed E-state index contributed by atoms with van der Waals surface area (Å²) in [7, 11) is 0. The molecule has 2 aromatic carbocycles. The van der Waals surface area contributed by atoms with Crippen molar-refractivity contribution in [1.29, 1.82) is 0 Å². The fourth-order valence-electron chi connectivity index (χ4n) is 7.40. The van der Waals surface area contributed by atoms with Gasteiger partial charge in [-0.2, -0.15) is 0 Å². The lowest BCUT2D eigenvalue weighted by molar-refractivity contribution is 0.0917. The minimum absolute atomic E-state index is 0.0419. The molecule has 1 saturated heterocycles. The lowest BCUT2D eigenvalue weighted by atomic mass is 9.90. The lowest BCUT2D eigenvalue weighted by Gasteiger charge is -2.36. The largest absolute Gasteiger partial charge is 0.348 e. The number of fused-ring (bicyclic) bond motifs is 1. The number of hydrogen-bond donors (Lipinski definition) is 2. The van der Waals surface area contributed by atoms with E-state index in [1.54, 1.807) is 11.4 Å². The first kappa shape index (κ1) is 33.0. The molecule has 12 heteroatoms. The summed E-state index contributed by atoms with van der Waals surface area (Å²) in [5.41, 5.74) is 3.08. The number of aryl methyl sites for hydroxylation is 1. The Morgan fingerprint density at radius 1 is 1.00 bits per heavy atom. The van der Waals surface area contributed by atoms with Crippen molar-refractivity contribution in [3.8, 4) is 16.8 Å². The summed E-state index contributed by atoms with van der Waals surface area (Å²) in [5.74, 6) is -0.874. The van der Waals surface area contributed by atoms with E-state index in [-0.39, 0.29) is 23.0 Å². The van der Waals surface area contributed by atoms with E-state index in [0.29, 0.717) is 49.1 Å². The molecule has 2 fully saturated rings. The molecule has 1 saturated carbocycles. The van der Waals surface area contributed by atoms with E-state index in [1.165, 1.54) is 26.0 Å². The van der Waals surface area contributed by atoms with Gasteiger partial charge in [0.15, 0.2) is 5.65 Å². The number of nitrogens with one attached hydrogen (secondary N) is 2. The summed E-state index contributed by atoms with van der Waals surface area (Å²) >= 11 is 1.42. The van der Waals surface area contributed by atoms with Gasteiger partial charge >= 0.3 is 5.69 Å². The van der Waals surface area contributed by atoms with E-state index in [2.05, 4.69) is 63.6 Å². The summed E-state index contributed by atoms with van der Waals surface area (Å²) in [5, 5.41) is 9.22. The minimum atomic E-state index is -0.649. The predicted molar refractivity (Wildman–Crippen MR) is 190 cm³/mol. The summed E-state index contributed by atoms with van der Waals surface area (Å²) in [6.07, 6.45) is 3.21. The van der Waals surface area contributed by atoms with Crippen LogP contribution in [0.25, 0.3) is 27.8 Å². The monoisotopic (exact) mass is 681 g/mol. The molecule has 5 aromatic rings. The first-order valence-electron chi connectivity index (χ1n) is 16.9. The van der Waals surface area contributed by atoms with E-state index >= 15 is 0 Å². The van der Waals surface area contributed by atoms with Crippen molar-refractivity contribution in [2.45, 2.75) is 77.2 Å². The van der Waals surface area contributed by atoms with Gasteiger partial charge in [0.2, 0.25) is 0 Å². The number of carbonyl (C=O) groups is 1. The average Bonchev–Trinajstić information content (AvgIpc) is 3.52. The van der Waals surface area contributed by atoms with Gasteiger partial charge < -0.3 is 10.6 Å². The molecule has 1 aliphatic carbocycles. The third-order valence-electron chi connectivity index (χ3n) is 9.57. The number of halogens is 1. The first-order valence-corrected chi connectivity index (χ1v) is 17.7. The zero-order valence-electron chi connectivity index (χ0n) is 27.9. The Bertz CT molecular complexity index is 2110. The average molecular weight is 682 g/mol. The molecule has 10 nitrogen and oxygen atoms in total. The molecule has 1 amide bonds. The van der Waals surface area contributed by atoms with Crippen molar-refractivity contribution < 1.29 is 9.18 Å². The third-order valence-corrected chi connectivity index (χ3v) is 10.3. The van der Waals surface area contributed by atoms with Crippen LogP contribution in [-0.2, 0) is 6.54 Å². The Kier molecular flexibility index (Phi) is 9.27. The maximum Gasteiger partial charge on any atom is 0.337 e. The molecule has 254 valence electrons. The van der Waals surface area contributed by atoms with Gasteiger partial charge in [0, 0.05) is 49.2 Å². The quantitative estimate of drug-likeness (QED) is 0.242. The summed E-state index contributed by atoms with van der Waals surface area (Å²) in [4.78, 5) is 51.7. The molecule has 3 aromatic heterocycles. The number of amides is 1. The highest BCUT2D eigenvalue weighted by Crippen LogP contribution is 2.29. The number of piperazine rings is 1. The normalized spacial score (nSPS) is 21.6. The number of aromatic nitrogens is 4. The summed E-state index contributed by atoms with van der Waals surface area (Å²) in [6.45, 7) is 9.16. The highest BCUT2D eigenvalue weighted by atomic mass is 32.1. The zero-order chi connectivity index (χ0) is 34.2. The van der Waals surface area contributed by atoms with E-state index in [1.807, 2.05) is 25.1 Å². The van der Waals surface area contributed by atoms with Crippen LogP contribution in [0.3, 0.4) is 0 Å². The summed E-state index contributed by atoms with van der Waals surface area (Å²) in [6, 6.07) is 17.6. The van der Waals surface area contributed by atoms with Crippen molar-refractivity contribution in [3.05, 3.63) is 109 Å². The van der Waals surface area contributed by atoms with Gasteiger partial charge in [0.1, 0.15) is 11.5 Å². The molecule has 2 N–H and O–H groups in total. The molecule has 0 unspecified atom stereocenters. The van der Waals surface area contributed by atoms with Crippen LogP contribution >= 0.6 is 11.3 Å². The van der Waals surface area contributed by atoms with E-state index < -0.39 is 23.1 Å². The lowest BCUT2D eigenvalue weighted by Crippen LogP contribution is -2.53. The number of benzene rings is 2. The van der Waals surface area contributed by atoms with Crippen molar-refractivity contribution >= 4 is 28.3 Å². The highest BCUT2D eigenvalue weighted by Gasteiger charge is 2.29. The molecule has 7 rings (SSSR count). The van der Waals surface area contributed by atoms with Gasteiger partial charge in [0.05, 0.1) is 22.3 Å². The van der Waals surface area contributed by atoms with Crippen molar-refractivity contribution in [2.24, 2.45) is 0 Å². The van der Waals surface area contributed by atoms with Crippen molar-refractivity contribution in [3.63, 3.8) is 0 Å². The van der Waals surface area contributed by atoms with Crippen molar-refractivity contribution in [1.82, 2.24) is 34.6 Å². The SMILES string of the molecule is Cc1nc(C(=O)N[C@H]2CC[C@@H](n3c(=O)c4cc(F)cnc4n(-c4cccc(-c5ccc(CN6C[C@@H](C)N[C@@H](C)C6)cc5)c4)c3=O)CC2)cs1. The smallest absolute Gasteiger partial charge is 0.337 e. The second-order valence-electron chi connectivity index (χ2n) is 13.5. The standard InChI is InChI=1S/C37H40FN7O3S/c1-22-18-43(19-23(2)40-22)20-25-7-9-26(10-8-25)27-5-4-6-31(15-27)44-34-32(16-28(38)17-39-34)36(47)45(37(44)48)30-13-11-29(12-14-30)42-35(46)33-21-49-24(3)41-33/h4-10,15-17,21-23,29-30,40H,11-14,18-20H2,1-3H3,(H,42,46)/t22-,23+,29-,30+. The maximum atomic E-state index is 14.5. The Morgan fingerprint density at radius 2 is 1.73 bits per heavy atom. The Balaban J connectivity index is 1.16. The minimum Gasteiger partial charge on any atom is -0.348 e. The molecule has 0 radical (unpaired) electrons. The second-order valence-corrected chi connectivity index (χ2v) is 14.5. The molecule has 0 spiro atoms. The van der Waals surface area contributed by atoms with Crippen LogP contribution in [-0.4, -0.2) is 61.1 Å². The topological polar surface area (TPSA) is 114 Å².